The molecule has 0 unspecified atom stereocenters. The molecule has 0 radical (unpaired) electrons. The number of ether oxygens (including phenoxy) is 1. The molecule has 2 aromatic rings. The van der Waals surface area contributed by atoms with Gasteiger partial charge in [0.2, 0.25) is 0 Å². The first-order chi connectivity index (χ1) is 10.8. The fourth-order valence-corrected chi connectivity index (χ4v) is 3.18. The molecule has 3 rings (SSSR count). The van der Waals surface area contributed by atoms with Crippen molar-refractivity contribution >= 4 is 17.2 Å². The highest BCUT2D eigenvalue weighted by Crippen LogP contribution is 2.20. The van der Waals surface area contributed by atoms with Crippen LogP contribution in [0, 0.1) is 11.3 Å². The number of likely N-dealkylation sites (tertiary alicyclic amines) is 1. The minimum Gasteiger partial charge on any atom is -0.488 e. The molecular weight excluding hydrogens is 296 g/mol. The molecular formula is C17H16N2O2S. The van der Waals surface area contributed by atoms with Crippen molar-refractivity contribution in [3.05, 3.63) is 51.7 Å². The average Bonchev–Trinajstić information content (AvgIpc) is 3.24. The summed E-state index contributed by atoms with van der Waals surface area (Å²) in [6.07, 6.45) is 2.19. The Hall–Kier alpha value is -2.32. The van der Waals surface area contributed by atoms with Gasteiger partial charge >= 0.3 is 0 Å². The minimum atomic E-state index is 0.0981. The number of nitrogens with zero attached hydrogens (tertiary/aromatic N) is 2. The van der Waals surface area contributed by atoms with Gasteiger partial charge in [-0.3, -0.25) is 4.79 Å². The van der Waals surface area contributed by atoms with E-state index < -0.39 is 0 Å². The fraction of sp³-hybridized carbons (Fsp3) is 0.294. The topological polar surface area (TPSA) is 53.3 Å². The van der Waals surface area contributed by atoms with Gasteiger partial charge in [-0.15, -0.1) is 11.3 Å². The van der Waals surface area contributed by atoms with E-state index in [1.807, 2.05) is 35.2 Å². The van der Waals surface area contributed by atoms with E-state index >= 15 is 0 Å². The van der Waals surface area contributed by atoms with Crippen LogP contribution in [0.4, 0.5) is 0 Å². The zero-order valence-electron chi connectivity index (χ0n) is 12.1. The van der Waals surface area contributed by atoms with Gasteiger partial charge < -0.3 is 9.64 Å². The van der Waals surface area contributed by atoms with Crippen molar-refractivity contribution in [2.24, 2.45) is 0 Å². The van der Waals surface area contributed by atoms with Crippen LogP contribution in [-0.2, 0) is 6.61 Å². The van der Waals surface area contributed by atoms with E-state index in [0.29, 0.717) is 17.0 Å². The van der Waals surface area contributed by atoms with Crippen LogP contribution in [0.1, 0.15) is 33.0 Å². The molecule has 0 spiro atoms. The number of nitriles is 1. The zero-order valence-corrected chi connectivity index (χ0v) is 12.9. The van der Waals surface area contributed by atoms with Crippen molar-refractivity contribution in [3.63, 3.8) is 0 Å². The lowest BCUT2D eigenvalue weighted by atomic mass is 10.2. The summed E-state index contributed by atoms with van der Waals surface area (Å²) in [6, 6.07) is 13.1. The molecule has 1 aromatic heterocycles. The molecule has 0 saturated carbocycles. The highest BCUT2D eigenvalue weighted by Gasteiger charge is 2.19. The van der Waals surface area contributed by atoms with Gasteiger partial charge in [0, 0.05) is 23.5 Å². The Bertz CT molecular complexity index is 694. The van der Waals surface area contributed by atoms with Crippen molar-refractivity contribution in [2.75, 3.05) is 13.1 Å². The van der Waals surface area contributed by atoms with Crippen LogP contribution >= 0.6 is 11.3 Å². The molecule has 0 atom stereocenters. The van der Waals surface area contributed by atoms with Crippen LogP contribution in [0.25, 0.3) is 0 Å². The first kappa shape index (κ1) is 14.6. The third-order valence-electron chi connectivity index (χ3n) is 3.65. The summed E-state index contributed by atoms with van der Waals surface area (Å²) < 4.78 is 5.69. The smallest absolute Gasteiger partial charge is 0.253 e. The summed E-state index contributed by atoms with van der Waals surface area (Å²) in [4.78, 5) is 15.8. The predicted octanol–water partition coefficient (Wildman–Crippen LogP) is 3.43. The Labute approximate surface area is 133 Å². The lowest BCUT2D eigenvalue weighted by Crippen LogP contribution is -2.27. The Morgan fingerprint density at radius 2 is 1.91 bits per heavy atom. The maximum atomic E-state index is 12.2. The Morgan fingerprint density at radius 1 is 1.18 bits per heavy atom. The Balaban J connectivity index is 1.59. The third-order valence-corrected chi connectivity index (χ3v) is 4.61. The van der Waals surface area contributed by atoms with Gasteiger partial charge in [-0.2, -0.15) is 5.26 Å². The molecule has 1 aliphatic rings. The second kappa shape index (κ2) is 6.63. The molecule has 1 aliphatic heterocycles. The van der Waals surface area contributed by atoms with Gasteiger partial charge in [0.15, 0.2) is 0 Å². The van der Waals surface area contributed by atoms with Crippen molar-refractivity contribution in [1.82, 2.24) is 4.90 Å². The van der Waals surface area contributed by atoms with Crippen LogP contribution in [0.2, 0.25) is 0 Å². The van der Waals surface area contributed by atoms with Gasteiger partial charge in [0.1, 0.15) is 23.3 Å². The van der Waals surface area contributed by atoms with Gasteiger partial charge in [-0.05, 0) is 49.2 Å². The van der Waals surface area contributed by atoms with E-state index in [1.165, 1.54) is 11.3 Å². The van der Waals surface area contributed by atoms with Crippen molar-refractivity contribution in [3.8, 4) is 11.8 Å². The first-order valence-corrected chi connectivity index (χ1v) is 8.09. The standard InChI is InChI=1S/C17H16N2O2S/c18-11-15-7-8-16(22-15)12-21-14-5-3-13(4-6-14)17(20)19-9-1-2-10-19/h3-8H,1-2,9-10,12H2. The summed E-state index contributed by atoms with van der Waals surface area (Å²) in [6.45, 7) is 2.15. The predicted molar refractivity (Wildman–Crippen MR) is 84.9 cm³/mol. The molecule has 5 heteroatoms. The minimum absolute atomic E-state index is 0.0981. The number of benzene rings is 1. The molecule has 1 aromatic carbocycles. The number of rotatable bonds is 4. The second-order valence-corrected chi connectivity index (χ2v) is 6.36. The quantitative estimate of drug-likeness (QED) is 0.869. The fourth-order valence-electron chi connectivity index (χ4n) is 2.47. The van der Waals surface area contributed by atoms with Crippen LogP contribution in [-0.4, -0.2) is 23.9 Å². The Kier molecular flexibility index (Phi) is 4.40. The van der Waals surface area contributed by atoms with E-state index in [-0.39, 0.29) is 5.91 Å². The second-order valence-electron chi connectivity index (χ2n) is 5.19. The maximum absolute atomic E-state index is 12.2. The van der Waals surface area contributed by atoms with Gasteiger partial charge in [-0.25, -0.2) is 0 Å². The molecule has 1 fully saturated rings. The lowest BCUT2D eigenvalue weighted by molar-refractivity contribution is 0.0793. The van der Waals surface area contributed by atoms with E-state index in [4.69, 9.17) is 10.00 Å². The largest absolute Gasteiger partial charge is 0.488 e. The molecule has 2 heterocycles. The highest BCUT2D eigenvalue weighted by molar-refractivity contribution is 7.12. The summed E-state index contributed by atoms with van der Waals surface area (Å²) in [5.41, 5.74) is 0.706. The van der Waals surface area contributed by atoms with E-state index in [2.05, 4.69) is 6.07 Å². The number of hydrogen-bond donors (Lipinski definition) is 0. The van der Waals surface area contributed by atoms with E-state index in [1.54, 1.807) is 6.07 Å². The van der Waals surface area contributed by atoms with E-state index in [0.717, 1.165) is 36.6 Å². The SMILES string of the molecule is N#Cc1ccc(COc2ccc(C(=O)N3CCCC3)cc2)s1. The van der Waals surface area contributed by atoms with Crippen LogP contribution in [0.5, 0.6) is 5.75 Å². The third kappa shape index (κ3) is 3.29. The molecule has 1 amide bonds. The molecule has 0 N–H and O–H groups in total. The van der Waals surface area contributed by atoms with Crippen molar-refractivity contribution < 1.29 is 9.53 Å². The van der Waals surface area contributed by atoms with Gasteiger partial charge in [0.25, 0.3) is 5.91 Å². The van der Waals surface area contributed by atoms with Crippen molar-refractivity contribution in [2.45, 2.75) is 19.4 Å². The van der Waals surface area contributed by atoms with Gasteiger partial charge in [0.05, 0.1) is 0 Å². The van der Waals surface area contributed by atoms with Crippen molar-refractivity contribution in [1.29, 1.82) is 5.26 Å². The number of carbonyl (C=O) groups is 1. The molecule has 112 valence electrons. The average molecular weight is 312 g/mol. The maximum Gasteiger partial charge on any atom is 0.253 e. The summed E-state index contributed by atoms with van der Waals surface area (Å²) in [5, 5.41) is 8.79. The summed E-state index contributed by atoms with van der Waals surface area (Å²) >= 11 is 1.43. The van der Waals surface area contributed by atoms with Crippen LogP contribution in [0.3, 0.4) is 0 Å². The summed E-state index contributed by atoms with van der Waals surface area (Å²) in [5.74, 6) is 0.825. The van der Waals surface area contributed by atoms with Crippen LogP contribution in [0.15, 0.2) is 36.4 Å². The number of thiophene rings is 1. The highest BCUT2D eigenvalue weighted by atomic mass is 32.1. The normalized spacial score (nSPS) is 13.9. The molecule has 1 saturated heterocycles. The molecule has 22 heavy (non-hydrogen) atoms. The zero-order chi connectivity index (χ0) is 15.4. The first-order valence-electron chi connectivity index (χ1n) is 7.27. The number of carbonyl (C=O) groups excluding carboxylic acids is 1. The monoisotopic (exact) mass is 312 g/mol. The summed E-state index contributed by atoms with van der Waals surface area (Å²) in [7, 11) is 0. The molecule has 0 bridgehead atoms. The van der Waals surface area contributed by atoms with Gasteiger partial charge in [-0.1, -0.05) is 0 Å². The Morgan fingerprint density at radius 3 is 2.55 bits per heavy atom. The lowest BCUT2D eigenvalue weighted by Gasteiger charge is -2.15. The van der Waals surface area contributed by atoms with Crippen LogP contribution < -0.4 is 4.74 Å². The molecule has 4 nitrogen and oxygen atoms in total. The molecule has 0 aliphatic carbocycles. The van der Waals surface area contributed by atoms with E-state index in [9.17, 15) is 4.79 Å². The number of hydrogen-bond acceptors (Lipinski definition) is 4. The number of amides is 1.